The zero-order valence-corrected chi connectivity index (χ0v) is 26.2. The molecule has 0 spiro atoms. The second-order valence-electron chi connectivity index (χ2n) is 12.1. The van der Waals surface area contributed by atoms with E-state index < -0.39 is 11.5 Å². The Morgan fingerprint density at radius 2 is 1.91 bits per heavy atom. The van der Waals surface area contributed by atoms with Crippen LogP contribution in [0.1, 0.15) is 61.8 Å². The molecule has 0 bridgehead atoms. The van der Waals surface area contributed by atoms with Gasteiger partial charge in [-0.15, -0.1) is 0 Å². The third-order valence-corrected chi connectivity index (χ3v) is 8.81. The zero-order chi connectivity index (χ0) is 31.3. The fourth-order valence-corrected chi connectivity index (χ4v) is 6.38. The van der Waals surface area contributed by atoms with Crippen molar-refractivity contribution in [2.24, 2.45) is 5.73 Å². The van der Waals surface area contributed by atoms with Crippen molar-refractivity contribution in [3.63, 3.8) is 0 Å². The number of aromatic amines is 1. The first-order valence-corrected chi connectivity index (χ1v) is 16.0. The number of halogens is 2. The molecule has 1 saturated heterocycles. The molecule has 3 atom stereocenters. The van der Waals surface area contributed by atoms with Crippen LogP contribution in [-0.2, 0) is 13.0 Å². The molecule has 0 amide bonds. The summed E-state index contributed by atoms with van der Waals surface area (Å²) in [6.45, 7) is 3.68. The lowest BCUT2D eigenvalue weighted by molar-refractivity contribution is 0.315. The fourth-order valence-electron chi connectivity index (χ4n) is 6.14. The van der Waals surface area contributed by atoms with Crippen molar-refractivity contribution in [3.05, 3.63) is 111 Å². The SMILES string of the molecule is C[C@H](N)CCCc1cc(Cl)c(F)c(-c2cc3cn(-c4ccc([C@@H]5CCC[C@@H](CNCc6ccncc6)N5)cc4)c(=O)nc3[nH]2)c1. The van der Waals surface area contributed by atoms with Gasteiger partial charge in [-0.2, -0.15) is 4.98 Å². The lowest BCUT2D eigenvalue weighted by Gasteiger charge is -2.31. The van der Waals surface area contributed by atoms with E-state index in [1.165, 1.54) is 15.7 Å². The van der Waals surface area contributed by atoms with Crippen molar-refractivity contribution in [1.82, 2.24) is 30.2 Å². The maximum atomic E-state index is 15.1. The number of nitrogens with zero attached hydrogens (tertiary/aromatic N) is 3. The van der Waals surface area contributed by atoms with Crippen LogP contribution < -0.4 is 22.1 Å². The number of rotatable bonds is 11. The van der Waals surface area contributed by atoms with Crippen molar-refractivity contribution >= 4 is 22.6 Å². The van der Waals surface area contributed by atoms with Gasteiger partial charge in [-0.3, -0.25) is 9.55 Å². The van der Waals surface area contributed by atoms with Gasteiger partial charge >= 0.3 is 5.69 Å². The summed E-state index contributed by atoms with van der Waals surface area (Å²) in [7, 11) is 0. The third-order valence-electron chi connectivity index (χ3n) is 8.54. The molecule has 1 fully saturated rings. The van der Waals surface area contributed by atoms with Crippen LogP contribution in [0, 0.1) is 5.82 Å². The maximum absolute atomic E-state index is 15.1. The van der Waals surface area contributed by atoms with Crippen LogP contribution in [0.5, 0.6) is 0 Å². The van der Waals surface area contributed by atoms with Gasteiger partial charge in [-0.25, -0.2) is 9.18 Å². The van der Waals surface area contributed by atoms with E-state index in [0.717, 1.165) is 62.9 Å². The Labute approximate surface area is 267 Å². The summed E-state index contributed by atoms with van der Waals surface area (Å²) in [4.78, 5) is 24.5. The molecule has 10 heteroatoms. The highest BCUT2D eigenvalue weighted by atomic mass is 35.5. The Hall–Kier alpha value is -3.89. The monoisotopic (exact) mass is 627 g/mol. The van der Waals surface area contributed by atoms with E-state index in [0.29, 0.717) is 28.3 Å². The summed E-state index contributed by atoms with van der Waals surface area (Å²) >= 11 is 6.27. The number of benzene rings is 2. The molecule has 1 aliphatic rings. The van der Waals surface area contributed by atoms with Crippen LogP contribution in [-0.4, -0.2) is 38.1 Å². The van der Waals surface area contributed by atoms with Gasteiger partial charge in [0, 0.05) is 60.8 Å². The van der Waals surface area contributed by atoms with Gasteiger partial charge in [0.25, 0.3) is 0 Å². The molecule has 6 rings (SSSR count). The molecule has 0 unspecified atom stereocenters. The Morgan fingerprint density at radius 3 is 2.69 bits per heavy atom. The molecule has 0 radical (unpaired) electrons. The number of hydrogen-bond acceptors (Lipinski definition) is 6. The number of fused-ring (bicyclic) bond motifs is 1. The van der Waals surface area contributed by atoms with Gasteiger partial charge < -0.3 is 21.4 Å². The van der Waals surface area contributed by atoms with Crippen molar-refractivity contribution in [3.8, 4) is 16.9 Å². The predicted octanol–water partition coefficient (Wildman–Crippen LogP) is 6.21. The molecule has 234 valence electrons. The fraction of sp³-hybridized carbons (Fsp3) is 0.343. The number of pyridine rings is 1. The number of nitrogens with one attached hydrogen (secondary N) is 3. The Morgan fingerprint density at radius 1 is 1.11 bits per heavy atom. The molecule has 5 aromatic rings. The Bertz CT molecular complexity index is 1800. The topological polar surface area (TPSA) is 114 Å². The van der Waals surface area contributed by atoms with E-state index in [2.05, 4.69) is 37.7 Å². The standard InChI is InChI=1S/C35H39ClFN7O/c1-22(38)4-2-5-24-16-29(33(37)30(36)17-24)32-18-26-21-44(35(45)43-34(26)42-32)28-10-8-25(9-11-28)31-7-3-6-27(41-31)20-40-19-23-12-14-39-15-13-23/h8-18,21-22,27,31,40-41H,2-7,19-20,38H2,1H3,(H,42,43,45)/t22-,27-,31-/m0/s1. The molecule has 0 saturated carbocycles. The van der Waals surface area contributed by atoms with Crippen LogP contribution in [0.15, 0.2) is 78.0 Å². The van der Waals surface area contributed by atoms with E-state index in [4.69, 9.17) is 17.3 Å². The molecular formula is C35H39ClFN7O. The van der Waals surface area contributed by atoms with Crippen molar-refractivity contribution < 1.29 is 4.39 Å². The number of aryl methyl sites for hydroxylation is 1. The minimum Gasteiger partial charge on any atom is -0.339 e. The second-order valence-corrected chi connectivity index (χ2v) is 12.5. The molecule has 1 aliphatic heterocycles. The second kappa shape index (κ2) is 14.0. The number of nitrogens with two attached hydrogens (primary N) is 1. The average molecular weight is 628 g/mol. The van der Waals surface area contributed by atoms with Gasteiger partial charge in [0.2, 0.25) is 0 Å². The number of hydrogen-bond donors (Lipinski definition) is 4. The lowest BCUT2D eigenvalue weighted by atomic mass is 9.93. The van der Waals surface area contributed by atoms with Gasteiger partial charge in [0.15, 0.2) is 5.82 Å². The van der Waals surface area contributed by atoms with Crippen molar-refractivity contribution in [2.75, 3.05) is 6.54 Å². The molecular weight excluding hydrogens is 589 g/mol. The van der Waals surface area contributed by atoms with E-state index in [1.807, 2.05) is 49.6 Å². The van der Waals surface area contributed by atoms with Gasteiger partial charge in [0.05, 0.1) is 16.4 Å². The van der Waals surface area contributed by atoms with E-state index in [9.17, 15) is 4.79 Å². The molecule has 5 N–H and O–H groups in total. The smallest absolute Gasteiger partial charge is 0.339 e. The average Bonchev–Trinajstić information content (AvgIpc) is 3.45. The highest BCUT2D eigenvalue weighted by Gasteiger charge is 2.22. The first-order chi connectivity index (χ1) is 21.8. The third kappa shape index (κ3) is 7.50. The minimum absolute atomic E-state index is 0.0644. The van der Waals surface area contributed by atoms with Crippen LogP contribution >= 0.6 is 11.6 Å². The van der Waals surface area contributed by atoms with Gasteiger partial charge in [-0.05, 0) is 105 Å². The molecule has 45 heavy (non-hydrogen) atoms. The minimum atomic E-state index is -0.506. The summed E-state index contributed by atoms with van der Waals surface area (Å²) in [6.07, 6.45) is 11.2. The summed E-state index contributed by atoms with van der Waals surface area (Å²) < 4.78 is 16.7. The largest absolute Gasteiger partial charge is 0.354 e. The van der Waals surface area contributed by atoms with Crippen LogP contribution in [0.2, 0.25) is 5.02 Å². The summed E-state index contributed by atoms with van der Waals surface area (Å²) in [6, 6.07) is 18.1. The molecule has 0 aliphatic carbocycles. The van der Waals surface area contributed by atoms with Crippen molar-refractivity contribution in [2.45, 2.75) is 70.1 Å². The normalized spacial score (nSPS) is 17.5. The molecule has 2 aromatic carbocycles. The first-order valence-electron chi connectivity index (χ1n) is 15.7. The Kier molecular flexibility index (Phi) is 9.70. The van der Waals surface area contributed by atoms with Gasteiger partial charge in [-0.1, -0.05) is 23.7 Å². The van der Waals surface area contributed by atoms with Crippen molar-refractivity contribution in [1.29, 1.82) is 0 Å². The van der Waals surface area contributed by atoms with E-state index in [-0.39, 0.29) is 17.1 Å². The zero-order valence-electron chi connectivity index (χ0n) is 25.4. The van der Waals surface area contributed by atoms with Crippen LogP contribution in [0.25, 0.3) is 28.0 Å². The van der Waals surface area contributed by atoms with E-state index >= 15 is 4.39 Å². The highest BCUT2D eigenvalue weighted by molar-refractivity contribution is 6.31. The number of piperidine rings is 1. The predicted molar refractivity (Wildman–Crippen MR) is 178 cm³/mol. The van der Waals surface area contributed by atoms with Crippen LogP contribution in [0.4, 0.5) is 4.39 Å². The summed E-state index contributed by atoms with van der Waals surface area (Å²) in [5.74, 6) is -0.506. The summed E-state index contributed by atoms with van der Waals surface area (Å²) in [5.41, 5.74) is 10.8. The molecule has 4 heterocycles. The quantitative estimate of drug-likeness (QED) is 0.138. The molecule has 3 aromatic heterocycles. The van der Waals surface area contributed by atoms with Gasteiger partial charge in [0.1, 0.15) is 5.65 Å². The molecule has 8 nitrogen and oxygen atoms in total. The first kappa shape index (κ1) is 31.1. The number of aromatic nitrogens is 4. The number of H-pyrrole nitrogens is 1. The maximum Gasteiger partial charge on any atom is 0.354 e. The summed E-state index contributed by atoms with van der Waals surface area (Å²) in [5, 5.41) is 8.11. The van der Waals surface area contributed by atoms with E-state index in [1.54, 1.807) is 18.3 Å². The lowest BCUT2D eigenvalue weighted by Crippen LogP contribution is -2.43. The highest BCUT2D eigenvalue weighted by Crippen LogP contribution is 2.32. The Balaban J connectivity index is 1.16. The van der Waals surface area contributed by atoms with Crippen LogP contribution in [0.3, 0.4) is 0 Å².